The van der Waals surface area contributed by atoms with Gasteiger partial charge in [-0.2, -0.15) is 0 Å². The van der Waals surface area contributed by atoms with Gasteiger partial charge >= 0.3 is 0 Å². The molecular formula is C13H16BrClF2N2O. The molecule has 0 saturated heterocycles. The summed E-state index contributed by atoms with van der Waals surface area (Å²) in [6, 6.07) is 7.40. The van der Waals surface area contributed by atoms with E-state index in [-0.39, 0.29) is 18.3 Å². The molecule has 112 valence electrons. The van der Waals surface area contributed by atoms with Crippen LogP contribution in [0.5, 0.6) is 0 Å². The molecule has 1 aromatic rings. The van der Waals surface area contributed by atoms with Crippen LogP contribution in [-0.4, -0.2) is 24.9 Å². The highest BCUT2D eigenvalue weighted by Gasteiger charge is 2.51. The van der Waals surface area contributed by atoms with Gasteiger partial charge in [0.05, 0.1) is 18.5 Å². The molecule has 1 aliphatic rings. The van der Waals surface area contributed by atoms with E-state index < -0.39 is 24.4 Å². The maximum atomic E-state index is 13.0. The first-order valence-electron chi connectivity index (χ1n) is 6.02. The number of carbonyl (C=O) groups excluding carboxylic acids is 1. The van der Waals surface area contributed by atoms with E-state index in [1.807, 2.05) is 24.3 Å². The highest BCUT2D eigenvalue weighted by atomic mass is 79.9. The van der Waals surface area contributed by atoms with E-state index in [9.17, 15) is 13.6 Å². The van der Waals surface area contributed by atoms with E-state index in [0.29, 0.717) is 12.8 Å². The minimum Gasteiger partial charge on any atom is -0.349 e. The van der Waals surface area contributed by atoms with Crippen molar-refractivity contribution in [2.75, 3.05) is 13.1 Å². The van der Waals surface area contributed by atoms with Gasteiger partial charge in [0.15, 0.2) is 0 Å². The minimum absolute atomic E-state index is 0. The molecule has 20 heavy (non-hydrogen) atoms. The van der Waals surface area contributed by atoms with Gasteiger partial charge in [0.25, 0.3) is 5.92 Å². The van der Waals surface area contributed by atoms with Crippen LogP contribution in [0.2, 0.25) is 0 Å². The fourth-order valence-corrected chi connectivity index (χ4v) is 2.41. The maximum absolute atomic E-state index is 13.0. The van der Waals surface area contributed by atoms with Crippen LogP contribution in [0.1, 0.15) is 18.4 Å². The lowest BCUT2D eigenvalue weighted by molar-refractivity contribution is -0.125. The van der Waals surface area contributed by atoms with Crippen LogP contribution < -0.4 is 11.1 Å². The molecule has 1 aromatic carbocycles. The van der Waals surface area contributed by atoms with Gasteiger partial charge in [0, 0.05) is 4.47 Å². The summed E-state index contributed by atoms with van der Waals surface area (Å²) in [7, 11) is 0. The van der Waals surface area contributed by atoms with Gasteiger partial charge in [-0.25, -0.2) is 8.78 Å². The third-order valence-corrected chi connectivity index (χ3v) is 3.86. The number of rotatable bonds is 5. The summed E-state index contributed by atoms with van der Waals surface area (Å²) in [5, 5.41) is 2.31. The first kappa shape index (κ1) is 17.3. The molecule has 3 nitrogen and oxygen atoms in total. The molecule has 0 atom stereocenters. The Morgan fingerprint density at radius 2 is 2.10 bits per heavy atom. The van der Waals surface area contributed by atoms with E-state index >= 15 is 0 Å². The average Bonchev–Trinajstić information content (AvgIpc) is 3.18. The molecule has 1 saturated carbocycles. The van der Waals surface area contributed by atoms with Crippen LogP contribution in [0.3, 0.4) is 0 Å². The minimum atomic E-state index is -3.05. The number of benzene rings is 1. The van der Waals surface area contributed by atoms with E-state index in [2.05, 4.69) is 21.2 Å². The summed E-state index contributed by atoms with van der Waals surface area (Å²) in [4.78, 5) is 12.1. The highest BCUT2D eigenvalue weighted by molar-refractivity contribution is 9.10. The second kappa shape index (κ2) is 6.37. The standard InChI is InChI=1S/C13H15BrF2N2O.ClH/c14-10-3-1-2-9(6-10)12(4-5-12)11(19)18-8-13(15,16)7-17;/h1-3,6H,4-5,7-8,17H2,(H,18,19);1H. The van der Waals surface area contributed by atoms with Crippen LogP contribution in [0, 0.1) is 0 Å². The molecule has 0 aliphatic heterocycles. The topological polar surface area (TPSA) is 55.1 Å². The Labute approximate surface area is 130 Å². The zero-order chi connectivity index (χ0) is 14.1. The lowest BCUT2D eigenvalue weighted by atomic mass is 9.95. The summed E-state index contributed by atoms with van der Waals surface area (Å²) in [5.74, 6) is -3.40. The number of alkyl halides is 2. The van der Waals surface area contributed by atoms with Crippen molar-refractivity contribution >= 4 is 34.2 Å². The number of hydrogen-bond donors (Lipinski definition) is 2. The summed E-state index contributed by atoms with van der Waals surface area (Å²) in [6.07, 6.45) is 1.37. The highest BCUT2D eigenvalue weighted by Crippen LogP contribution is 2.48. The molecule has 1 fully saturated rings. The number of halogens is 4. The predicted molar refractivity (Wildman–Crippen MR) is 79.3 cm³/mol. The zero-order valence-corrected chi connectivity index (χ0v) is 13.1. The summed E-state index contributed by atoms with van der Waals surface area (Å²) >= 11 is 3.35. The van der Waals surface area contributed by atoms with Gasteiger partial charge in [0.1, 0.15) is 0 Å². The first-order chi connectivity index (χ1) is 8.89. The molecule has 1 aliphatic carbocycles. The van der Waals surface area contributed by atoms with Crippen molar-refractivity contribution in [1.82, 2.24) is 5.32 Å². The van der Waals surface area contributed by atoms with Gasteiger partial charge in [-0.3, -0.25) is 4.79 Å². The Morgan fingerprint density at radius 3 is 2.60 bits per heavy atom. The molecule has 0 aromatic heterocycles. The number of hydrogen-bond acceptors (Lipinski definition) is 2. The van der Waals surface area contributed by atoms with Crippen LogP contribution >= 0.6 is 28.3 Å². The van der Waals surface area contributed by atoms with Gasteiger partial charge in [-0.1, -0.05) is 28.1 Å². The second-order valence-corrected chi connectivity index (χ2v) is 5.75. The van der Waals surface area contributed by atoms with Crippen LogP contribution in [0.15, 0.2) is 28.7 Å². The maximum Gasteiger partial charge on any atom is 0.277 e. The van der Waals surface area contributed by atoms with Crippen molar-refractivity contribution in [3.8, 4) is 0 Å². The largest absolute Gasteiger partial charge is 0.349 e. The Balaban J connectivity index is 0.00000200. The molecule has 0 radical (unpaired) electrons. The summed E-state index contributed by atoms with van der Waals surface area (Å²) in [5.41, 5.74) is 5.15. The molecular weight excluding hydrogens is 354 g/mol. The van der Waals surface area contributed by atoms with Gasteiger partial charge in [-0.15, -0.1) is 12.4 Å². The van der Waals surface area contributed by atoms with Gasteiger partial charge < -0.3 is 11.1 Å². The summed E-state index contributed by atoms with van der Waals surface area (Å²) < 4.78 is 27.0. The lowest BCUT2D eigenvalue weighted by Crippen LogP contribution is -2.45. The zero-order valence-electron chi connectivity index (χ0n) is 10.7. The fraction of sp³-hybridized carbons (Fsp3) is 0.462. The lowest BCUT2D eigenvalue weighted by Gasteiger charge is -2.19. The molecule has 0 bridgehead atoms. The Morgan fingerprint density at radius 1 is 1.45 bits per heavy atom. The summed E-state index contributed by atoms with van der Waals surface area (Å²) in [6.45, 7) is -1.48. The molecule has 7 heteroatoms. The van der Waals surface area contributed by atoms with Crippen molar-refractivity contribution < 1.29 is 13.6 Å². The molecule has 0 heterocycles. The van der Waals surface area contributed by atoms with Gasteiger partial charge in [0.2, 0.25) is 5.91 Å². The third kappa shape index (κ3) is 3.68. The van der Waals surface area contributed by atoms with Crippen molar-refractivity contribution in [3.63, 3.8) is 0 Å². The normalized spacial score (nSPS) is 16.2. The van der Waals surface area contributed by atoms with Gasteiger partial charge in [-0.05, 0) is 30.5 Å². The second-order valence-electron chi connectivity index (χ2n) is 4.84. The Hall–Kier alpha value is -0.720. The van der Waals surface area contributed by atoms with E-state index in [1.54, 1.807) is 0 Å². The molecule has 1 amide bonds. The van der Waals surface area contributed by atoms with E-state index in [1.165, 1.54) is 0 Å². The Bertz CT molecular complexity index is 495. The van der Waals surface area contributed by atoms with Crippen molar-refractivity contribution in [1.29, 1.82) is 0 Å². The van der Waals surface area contributed by atoms with Crippen molar-refractivity contribution in [3.05, 3.63) is 34.3 Å². The predicted octanol–water partition coefficient (Wildman–Crippen LogP) is 2.61. The molecule has 0 spiro atoms. The average molecular weight is 370 g/mol. The van der Waals surface area contributed by atoms with E-state index in [4.69, 9.17) is 5.73 Å². The van der Waals surface area contributed by atoms with Crippen molar-refractivity contribution in [2.24, 2.45) is 5.73 Å². The number of nitrogens with one attached hydrogen (secondary N) is 1. The number of amides is 1. The van der Waals surface area contributed by atoms with Crippen molar-refractivity contribution in [2.45, 2.75) is 24.2 Å². The van der Waals surface area contributed by atoms with E-state index in [0.717, 1.165) is 10.0 Å². The van der Waals surface area contributed by atoms with Crippen LogP contribution in [-0.2, 0) is 10.2 Å². The number of nitrogens with two attached hydrogens (primary N) is 1. The monoisotopic (exact) mass is 368 g/mol. The fourth-order valence-electron chi connectivity index (χ4n) is 2.01. The molecule has 2 rings (SSSR count). The molecule has 0 unspecified atom stereocenters. The first-order valence-corrected chi connectivity index (χ1v) is 6.81. The smallest absolute Gasteiger partial charge is 0.277 e. The quantitative estimate of drug-likeness (QED) is 0.838. The molecule has 3 N–H and O–H groups in total. The number of carbonyl (C=O) groups is 1. The van der Waals surface area contributed by atoms with Crippen LogP contribution in [0.25, 0.3) is 0 Å². The Kier molecular flexibility index (Phi) is 5.52. The van der Waals surface area contributed by atoms with Crippen LogP contribution in [0.4, 0.5) is 8.78 Å². The SMILES string of the molecule is Cl.NCC(F)(F)CNC(=O)C1(c2cccc(Br)c2)CC1. The third-order valence-electron chi connectivity index (χ3n) is 3.37.